The van der Waals surface area contributed by atoms with Crippen LogP contribution in [0.2, 0.25) is 0 Å². The zero-order valence-electron chi connectivity index (χ0n) is 17.4. The molecule has 0 saturated carbocycles. The minimum absolute atomic E-state index is 0.0201. The van der Waals surface area contributed by atoms with E-state index >= 15 is 0 Å². The lowest BCUT2D eigenvalue weighted by molar-refractivity contribution is 0.0601. The average Bonchev–Trinajstić information content (AvgIpc) is 2.81. The van der Waals surface area contributed by atoms with Crippen molar-refractivity contribution in [3.8, 4) is 22.9 Å². The van der Waals surface area contributed by atoms with Crippen molar-refractivity contribution < 1.29 is 23.8 Å². The number of carbonyl (C=O) groups excluding carboxylic acids is 1. The molecule has 1 N–H and O–H groups in total. The molecule has 0 aromatic heterocycles. The summed E-state index contributed by atoms with van der Waals surface area (Å²) in [5, 5.41) is 18.4. The van der Waals surface area contributed by atoms with Gasteiger partial charge >= 0.3 is 5.97 Å². The molecule has 0 amide bonds. The van der Waals surface area contributed by atoms with Crippen molar-refractivity contribution >= 4 is 11.7 Å². The van der Waals surface area contributed by atoms with Gasteiger partial charge in [-0.15, -0.1) is 0 Å². The highest BCUT2D eigenvalue weighted by Gasteiger charge is 2.32. The molecule has 1 aliphatic heterocycles. The highest BCUT2D eigenvalue weighted by atomic mass is 19.1. The minimum atomic E-state index is -0.613. The Morgan fingerprint density at radius 2 is 1.94 bits per heavy atom. The number of benzene rings is 3. The molecule has 4 rings (SSSR count). The summed E-state index contributed by atoms with van der Waals surface area (Å²) in [6.45, 7) is 1.16. The molecule has 0 aliphatic carbocycles. The molecular weight excluding hydrogens is 411 g/mol. The lowest BCUT2D eigenvalue weighted by atomic mass is 9.94. The fourth-order valence-electron chi connectivity index (χ4n) is 3.73. The van der Waals surface area contributed by atoms with Gasteiger partial charge in [-0.05, 0) is 47.5 Å². The maximum absolute atomic E-state index is 13.9. The number of methoxy groups -OCH3 is 1. The predicted molar refractivity (Wildman–Crippen MR) is 117 cm³/mol. The van der Waals surface area contributed by atoms with Gasteiger partial charge in [-0.25, -0.2) is 9.18 Å². The number of aliphatic hydroxyl groups excluding tert-OH is 1. The Bertz CT molecular complexity index is 1180. The van der Waals surface area contributed by atoms with E-state index in [2.05, 4.69) is 4.90 Å². The van der Waals surface area contributed by atoms with E-state index in [9.17, 15) is 14.4 Å². The predicted octanol–water partition coefficient (Wildman–Crippen LogP) is 3.91. The van der Waals surface area contributed by atoms with E-state index in [4.69, 9.17) is 14.6 Å². The Morgan fingerprint density at radius 1 is 1.19 bits per heavy atom. The van der Waals surface area contributed by atoms with Crippen LogP contribution in [0.3, 0.4) is 0 Å². The molecule has 0 atom stereocenters. The molecule has 1 saturated heterocycles. The second-order valence-electron chi connectivity index (χ2n) is 7.44. The summed E-state index contributed by atoms with van der Waals surface area (Å²) in [4.78, 5) is 14.5. The summed E-state index contributed by atoms with van der Waals surface area (Å²) in [6, 6.07) is 18.6. The van der Waals surface area contributed by atoms with Gasteiger partial charge in [0.15, 0.2) is 0 Å². The number of hydrogen-bond donors (Lipinski definition) is 1. The molecular formula is C25H21FN2O4. The number of ether oxygens (including phenoxy) is 2. The van der Waals surface area contributed by atoms with Gasteiger partial charge in [-0.2, -0.15) is 5.26 Å². The Labute approximate surface area is 185 Å². The number of esters is 1. The zero-order chi connectivity index (χ0) is 22.7. The van der Waals surface area contributed by atoms with E-state index in [1.54, 1.807) is 18.2 Å². The van der Waals surface area contributed by atoms with Gasteiger partial charge in [0.05, 0.1) is 37.9 Å². The zero-order valence-corrected chi connectivity index (χ0v) is 17.4. The molecule has 3 aromatic rings. The van der Waals surface area contributed by atoms with Gasteiger partial charge in [-0.3, -0.25) is 0 Å². The SMILES string of the molecule is COC(=O)c1cccc(N2CC(Oc3ccc(CO)cc3)C2)c1-c1ccc(F)c(C#N)c1. The van der Waals surface area contributed by atoms with E-state index in [0.717, 1.165) is 11.3 Å². The van der Waals surface area contributed by atoms with Gasteiger partial charge in [0.2, 0.25) is 0 Å². The first-order valence-corrected chi connectivity index (χ1v) is 10.1. The molecule has 0 radical (unpaired) electrons. The topological polar surface area (TPSA) is 82.8 Å². The van der Waals surface area contributed by atoms with Crippen LogP contribution in [0, 0.1) is 17.1 Å². The fraction of sp³-hybridized carbons (Fsp3) is 0.200. The first-order chi connectivity index (χ1) is 15.5. The third-order valence-electron chi connectivity index (χ3n) is 5.42. The van der Waals surface area contributed by atoms with Gasteiger partial charge in [0, 0.05) is 11.3 Å². The first kappa shape index (κ1) is 21.3. The summed E-state index contributed by atoms with van der Waals surface area (Å²) in [5.74, 6) is -0.410. The Hall–Kier alpha value is -3.89. The third kappa shape index (κ3) is 4.13. The van der Waals surface area contributed by atoms with Crippen LogP contribution in [0.5, 0.6) is 5.75 Å². The number of rotatable bonds is 6. The van der Waals surface area contributed by atoms with Crippen molar-refractivity contribution in [2.24, 2.45) is 0 Å². The molecule has 162 valence electrons. The standard InChI is InChI=1S/C25H21FN2O4/c1-31-25(30)21-3-2-4-23(24(21)17-7-10-22(26)18(11-17)12-27)28-13-20(14-28)32-19-8-5-16(15-29)6-9-19/h2-11,20,29H,13-15H2,1H3. The number of carbonyl (C=O) groups is 1. The number of anilines is 1. The first-order valence-electron chi connectivity index (χ1n) is 10.1. The molecule has 32 heavy (non-hydrogen) atoms. The molecule has 7 heteroatoms. The molecule has 0 spiro atoms. The number of aliphatic hydroxyl groups is 1. The largest absolute Gasteiger partial charge is 0.487 e. The van der Waals surface area contributed by atoms with Gasteiger partial charge in [-0.1, -0.05) is 24.3 Å². The van der Waals surface area contributed by atoms with Gasteiger partial charge < -0.3 is 19.5 Å². The number of nitrogens with zero attached hydrogens (tertiary/aromatic N) is 2. The Morgan fingerprint density at radius 3 is 2.59 bits per heavy atom. The molecule has 1 heterocycles. The molecule has 0 bridgehead atoms. The molecule has 1 aliphatic rings. The van der Waals surface area contributed by atoms with E-state index in [1.807, 2.05) is 36.4 Å². The van der Waals surface area contributed by atoms with Crippen LogP contribution in [0.15, 0.2) is 60.7 Å². The summed E-state index contributed by atoms with van der Waals surface area (Å²) in [7, 11) is 1.31. The van der Waals surface area contributed by atoms with Crippen molar-refractivity contribution in [1.82, 2.24) is 0 Å². The smallest absolute Gasteiger partial charge is 0.338 e. The molecule has 6 nitrogen and oxygen atoms in total. The van der Waals surface area contributed by atoms with Crippen LogP contribution < -0.4 is 9.64 Å². The number of hydrogen-bond acceptors (Lipinski definition) is 6. The lowest BCUT2D eigenvalue weighted by Crippen LogP contribution is -2.54. The van der Waals surface area contributed by atoms with Gasteiger partial charge in [0.1, 0.15) is 23.7 Å². The Balaban J connectivity index is 1.62. The third-order valence-corrected chi connectivity index (χ3v) is 5.42. The van der Waals surface area contributed by atoms with Crippen LogP contribution >= 0.6 is 0 Å². The lowest BCUT2D eigenvalue weighted by Gasteiger charge is -2.42. The number of halogens is 1. The van der Waals surface area contributed by atoms with Crippen molar-refractivity contribution in [3.05, 3.63) is 83.2 Å². The molecule has 1 fully saturated rings. The molecule has 0 unspecified atom stereocenters. The average molecular weight is 432 g/mol. The highest BCUT2D eigenvalue weighted by molar-refractivity contribution is 6.01. The second kappa shape index (κ2) is 9.08. The van der Waals surface area contributed by atoms with Crippen LogP contribution in [-0.2, 0) is 11.3 Å². The van der Waals surface area contributed by atoms with Crippen molar-refractivity contribution in [2.75, 3.05) is 25.1 Å². The summed E-state index contributed by atoms with van der Waals surface area (Å²) >= 11 is 0. The summed E-state index contributed by atoms with van der Waals surface area (Å²) in [5.41, 5.74) is 2.98. The second-order valence-corrected chi connectivity index (χ2v) is 7.44. The monoisotopic (exact) mass is 432 g/mol. The van der Waals surface area contributed by atoms with E-state index < -0.39 is 11.8 Å². The fourth-order valence-corrected chi connectivity index (χ4v) is 3.73. The summed E-state index contributed by atoms with van der Waals surface area (Å²) < 4.78 is 24.8. The Kier molecular flexibility index (Phi) is 6.06. The maximum Gasteiger partial charge on any atom is 0.338 e. The highest BCUT2D eigenvalue weighted by Crippen LogP contribution is 2.38. The van der Waals surface area contributed by atoms with Crippen LogP contribution in [-0.4, -0.2) is 37.4 Å². The van der Waals surface area contributed by atoms with E-state index in [0.29, 0.717) is 35.5 Å². The van der Waals surface area contributed by atoms with E-state index in [1.165, 1.54) is 19.2 Å². The van der Waals surface area contributed by atoms with Crippen LogP contribution in [0.25, 0.3) is 11.1 Å². The number of nitriles is 1. The maximum atomic E-state index is 13.9. The molecule has 3 aromatic carbocycles. The summed E-state index contributed by atoms with van der Waals surface area (Å²) in [6.07, 6.45) is -0.0486. The van der Waals surface area contributed by atoms with E-state index in [-0.39, 0.29) is 18.3 Å². The van der Waals surface area contributed by atoms with Crippen molar-refractivity contribution in [2.45, 2.75) is 12.7 Å². The van der Waals surface area contributed by atoms with Gasteiger partial charge in [0.25, 0.3) is 0 Å². The minimum Gasteiger partial charge on any atom is -0.487 e. The quantitative estimate of drug-likeness (QED) is 0.595. The van der Waals surface area contributed by atoms with Crippen molar-refractivity contribution in [1.29, 1.82) is 5.26 Å². The normalized spacial score (nSPS) is 13.2. The van der Waals surface area contributed by atoms with Crippen LogP contribution in [0.4, 0.5) is 10.1 Å². The van der Waals surface area contributed by atoms with Crippen LogP contribution in [0.1, 0.15) is 21.5 Å². The van der Waals surface area contributed by atoms with Crippen molar-refractivity contribution in [3.63, 3.8) is 0 Å².